The maximum absolute atomic E-state index is 14.0. The molecule has 4 N–H and O–H groups in total. The van der Waals surface area contributed by atoms with E-state index in [0.717, 1.165) is 35.8 Å². The van der Waals surface area contributed by atoms with E-state index in [0.29, 0.717) is 33.8 Å². The van der Waals surface area contributed by atoms with Crippen molar-refractivity contribution < 1.29 is 22.8 Å². The van der Waals surface area contributed by atoms with Crippen LogP contribution in [0.1, 0.15) is 50.5 Å². The van der Waals surface area contributed by atoms with Crippen LogP contribution in [0.25, 0.3) is 0 Å². The van der Waals surface area contributed by atoms with Gasteiger partial charge >= 0.3 is 12.1 Å². The molecule has 2 aromatic rings. The first kappa shape index (κ1) is 34.0. The third-order valence-electron chi connectivity index (χ3n) is 9.81. The minimum absolute atomic E-state index is 0.0574. The Morgan fingerprint density at radius 3 is 2.15 bits per heavy atom. The summed E-state index contributed by atoms with van der Waals surface area (Å²) in [5.41, 5.74) is 7.76. The lowest BCUT2D eigenvalue weighted by Gasteiger charge is -2.41. The number of hydrogen-bond acceptors (Lipinski definition) is 7. The first-order valence-electron chi connectivity index (χ1n) is 16.3. The van der Waals surface area contributed by atoms with Gasteiger partial charge in [0, 0.05) is 47.6 Å². The van der Waals surface area contributed by atoms with Gasteiger partial charge in [-0.05, 0) is 113 Å². The number of piperidine rings is 3. The van der Waals surface area contributed by atoms with Gasteiger partial charge in [-0.1, -0.05) is 18.6 Å². The van der Waals surface area contributed by atoms with E-state index in [1.54, 1.807) is 23.1 Å². The van der Waals surface area contributed by atoms with Gasteiger partial charge in [-0.15, -0.1) is 0 Å². The summed E-state index contributed by atoms with van der Waals surface area (Å²) in [4.78, 5) is 46.7. The number of sulfonamides is 1. The summed E-state index contributed by atoms with van der Waals surface area (Å²) in [6, 6.07) is 8.05. The molecule has 12 nitrogen and oxygen atoms in total. The molecule has 0 radical (unpaired) electrons. The Morgan fingerprint density at radius 2 is 1.49 bits per heavy atom. The first-order chi connectivity index (χ1) is 22.5. The molecule has 3 saturated heterocycles. The molecule has 0 aromatic heterocycles. The standard InChI is InChI=1S/C32H41Br2N7O5S/c33-24-18-21(19-25(34)29(24)35)20-27(30(42)39-14-8-22(9-15-39)38-12-4-1-5-13-38)37-31(43)40-16-10-23(11-17-40)41-32(44)36-26-6-2-3-7-28(26)47(41,45)46/h2-3,6-7,18-19,22-23,27H,1,4-5,8-17,20,35H2,(H,36,44)(H,37,43)/t27-/m1/s1. The van der Waals surface area contributed by atoms with Gasteiger partial charge in [0.2, 0.25) is 5.91 Å². The van der Waals surface area contributed by atoms with Crippen molar-refractivity contribution in [3.8, 4) is 0 Å². The molecule has 0 spiro atoms. The molecule has 15 heteroatoms. The van der Waals surface area contributed by atoms with Gasteiger partial charge < -0.3 is 31.1 Å². The summed E-state index contributed by atoms with van der Waals surface area (Å²) in [6.07, 6.45) is 6.40. The largest absolute Gasteiger partial charge is 0.397 e. The monoisotopic (exact) mass is 793 g/mol. The van der Waals surface area contributed by atoms with Gasteiger partial charge in [0.15, 0.2) is 0 Å². The van der Waals surface area contributed by atoms with Crippen molar-refractivity contribution in [2.75, 3.05) is 50.3 Å². The predicted molar refractivity (Wildman–Crippen MR) is 186 cm³/mol. The normalized spacial score (nSPS) is 21.6. The van der Waals surface area contributed by atoms with E-state index in [-0.39, 0.29) is 48.8 Å². The predicted octanol–water partition coefficient (Wildman–Crippen LogP) is 4.59. The second kappa shape index (κ2) is 14.3. The Balaban J connectivity index is 1.12. The zero-order valence-corrected chi connectivity index (χ0v) is 30.2. The van der Waals surface area contributed by atoms with E-state index in [9.17, 15) is 22.8 Å². The lowest BCUT2D eigenvalue weighted by molar-refractivity contribution is -0.134. The SMILES string of the molecule is Nc1c(Br)cc(C[C@@H](NC(=O)N2CCC(N3C(=O)Nc4ccccc4S3(=O)=O)CC2)C(=O)N2CCC(N3CCCCC3)CC2)cc1Br. The average Bonchev–Trinajstić information content (AvgIpc) is 3.07. The number of halogens is 2. The summed E-state index contributed by atoms with van der Waals surface area (Å²) in [5, 5.41) is 5.68. The van der Waals surface area contributed by atoms with Crippen LogP contribution in [0.15, 0.2) is 50.2 Å². The van der Waals surface area contributed by atoms with Crippen molar-refractivity contribution in [1.82, 2.24) is 24.3 Å². The number of carbonyl (C=O) groups is 3. The van der Waals surface area contributed by atoms with Gasteiger partial charge in [-0.25, -0.2) is 22.3 Å². The molecule has 0 aliphatic carbocycles. The zero-order valence-electron chi connectivity index (χ0n) is 26.2. The van der Waals surface area contributed by atoms with Crippen molar-refractivity contribution in [3.05, 3.63) is 50.9 Å². The van der Waals surface area contributed by atoms with Crippen LogP contribution in [-0.2, 0) is 21.2 Å². The van der Waals surface area contributed by atoms with Crippen LogP contribution >= 0.6 is 31.9 Å². The quantitative estimate of drug-likeness (QED) is 0.363. The number of anilines is 2. The number of nitrogen functional groups attached to an aromatic ring is 1. The summed E-state index contributed by atoms with van der Waals surface area (Å²) >= 11 is 6.98. The summed E-state index contributed by atoms with van der Waals surface area (Å²) < 4.78 is 29.0. The third-order valence-corrected chi connectivity index (χ3v) is 13.0. The highest BCUT2D eigenvalue weighted by atomic mass is 79.9. The minimum atomic E-state index is -4.04. The number of likely N-dealkylation sites (tertiary alicyclic amines) is 3. The van der Waals surface area contributed by atoms with Gasteiger partial charge in [0.25, 0.3) is 10.0 Å². The van der Waals surface area contributed by atoms with E-state index in [1.165, 1.54) is 25.3 Å². The lowest BCUT2D eigenvalue weighted by Crippen LogP contribution is -2.58. The molecule has 0 unspecified atom stereocenters. The number of nitrogens with two attached hydrogens (primary N) is 1. The number of nitrogens with zero attached hydrogens (tertiary/aromatic N) is 4. The molecule has 254 valence electrons. The minimum Gasteiger partial charge on any atom is -0.397 e. The van der Waals surface area contributed by atoms with E-state index < -0.39 is 34.2 Å². The van der Waals surface area contributed by atoms with Crippen molar-refractivity contribution in [3.63, 3.8) is 0 Å². The second-order valence-corrected chi connectivity index (χ2v) is 16.3. The summed E-state index contributed by atoms with van der Waals surface area (Å²) in [7, 11) is -4.04. The lowest BCUT2D eigenvalue weighted by atomic mass is 9.98. The molecule has 4 aliphatic heterocycles. The maximum Gasteiger partial charge on any atom is 0.336 e. The smallest absolute Gasteiger partial charge is 0.336 e. The molecule has 47 heavy (non-hydrogen) atoms. The van der Waals surface area contributed by atoms with Crippen molar-refractivity contribution in [2.24, 2.45) is 0 Å². The highest BCUT2D eigenvalue weighted by Gasteiger charge is 2.43. The number of nitrogens with one attached hydrogen (secondary N) is 2. The van der Waals surface area contributed by atoms with Crippen molar-refractivity contribution in [1.29, 1.82) is 0 Å². The number of benzene rings is 2. The average molecular weight is 796 g/mol. The summed E-state index contributed by atoms with van der Waals surface area (Å²) in [5.74, 6) is -0.121. The van der Waals surface area contributed by atoms with E-state index in [2.05, 4.69) is 47.4 Å². The maximum atomic E-state index is 14.0. The third kappa shape index (κ3) is 7.27. The Bertz CT molecular complexity index is 1600. The highest BCUT2D eigenvalue weighted by Crippen LogP contribution is 2.34. The van der Waals surface area contributed by atoms with Crippen LogP contribution < -0.4 is 16.4 Å². The van der Waals surface area contributed by atoms with Gasteiger partial charge in [0.1, 0.15) is 10.9 Å². The van der Waals surface area contributed by atoms with Gasteiger partial charge in [-0.2, -0.15) is 0 Å². The Hall–Kier alpha value is -2.88. The number of rotatable bonds is 6. The van der Waals surface area contributed by atoms with Crippen LogP contribution in [0.3, 0.4) is 0 Å². The molecule has 6 rings (SSSR count). The van der Waals surface area contributed by atoms with Crippen LogP contribution in [0.2, 0.25) is 0 Å². The number of urea groups is 2. The molecule has 2 aromatic carbocycles. The summed E-state index contributed by atoms with van der Waals surface area (Å²) in [6.45, 7) is 4.00. The second-order valence-electron chi connectivity index (χ2n) is 12.8. The zero-order chi connectivity index (χ0) is 33.3. The molecule has 4 heterocycles. The molecule has 1 atom stereocenters. The number of fused-ring (bicyclic) bond motifs is 1. The highest BCUT2D eigenvalue weighted by molar-refractivity contribution is 9.11. The molecular formula is C32H41Br2N7O5S. The molecular weight excluding hydrogens is 754 g/mol. The van der Waals surface area contributed by atoms with E-state index >= 15 is 0 Å². The fourth-order valence-electron chi connectivity index (χ4n) is 7.23. The van der Waals surface area contributed by atoms with E-state index in [1.807, 2.05) is 17.0 Å². The number of carbonyl (C=O) groups excluding carboxylic acids is 3. The number of hydrogen-bond donors (Lipinski definition) is 3. The van der Waals surface area contributed by atoms with E-state index in [4.69, 9.17) is 5.73 Å². The Kier molecular flexibility index (Phi) is 10.4. The van der Waals surface area contributed by atoms with Crippen LogP contribution in [0, 0.1) is 0 Å². The molecule has 0 bridgehead atoms. The molecule has 0 saturated carbocycles. The van der Waals surface area contributed by atoms with Crippen molar-refractivity contribution >= 4 is 71.2 Å². The van der Waals surface area contributed by atoms with Crippen LogP contribution in [-0.4, -0.2) is 103 Å². The molecule has 3 fully saturated rings. The molecule has 4 aliphatic rings. The fourth-order valence-corrected chi connectivity index (χ4v) is 10.2. The topological polar surface area (TPSA) is 148 Å². The number of amides is 5. The fraction of sp³-hybridized carbons (Fsp3) is 0.531. The Morgan fingerprint density at radius 1 is 0.894 bits per heavy atom. The first-order valence-corrected chi connectivity index (χ1v) is 19.3. The van der Waals surface area contributed by atoms with Gasteiger partial charge in [0.05, 0.1) is 17.4 Å². The van der Waals surface area contributed by atoms with Crippen LogP contribution in [0.5, 0.6) is 0 Å². The molecule has 5 amide bonds. The Labute approximate surface area is 292 Å². The van der Waals surface area contributed by atoms with Crippen molar-refractivity contribution in [2.45, 2.75) is 74.4 Å². The van der Waals surface area contributed by atoms with Crippen LogP contribution in [0.4, 0.5) is 21.0 Å². The van der Waals surface area contributed by atoms with Gasteiger partial charge in [-0.3, -0.25) is 4.79 Å². The number of para-hydroxylation sites is 1.